The number of nitrogens with two attached hydrogens (primary N) is 1. The first-order valence-electron chi connectivity index (χ1n) is 6.73. The Balaban J connectivity index is 2.25. The van der Waals surface area contributed by atoms with Crippen molar-refractivity contribution in [3.05, 3.63) is 24.3 Å². The van der Waals surface area contributed by atoms with E-state index in [0.717, 1.165) is 11.8 Å². The predicted octanol–water partition coefficient (Wildman–Crippen LogP) is 0.679. The number of hydrogen-bond acceptors (Lipinski definition) is 7. The highest BCUT2D eigenvalue weighted by Gasteiger charge is 2.27. The van der Waals surface area contributed by atoms with E-state index in [1.807, 2.05) is 13.8 Å². The summed E-state index contributed by atoms with van der Waals surface area (Å²) >= 11 is 1.12. The van der Waals surface area contributed by atoms with E-state index in [4.69, 9.17) is 5.73 Å². The summed E-state index contributed by atoms with van der Waals surface area (Å²) in [6.07, 6.45) is 0. The van der Waals surface area contributed by atoms with Gasteiger partial charge in [0.1, 0.15) is 5.75 Å². The van der Waals surface area contributed by atoms with Gasteiger partial charge in [-0.15, -0.1) is 5.10 Å². The molecule has 0 aliphatic carbocycles. The number of benzene rings is 1. The first kappa shape index (κ1) is 16.7. The number of imide groups is 1. The van der Waals surface area contributed by atoms with Crippen LogP contribution in [0.1, 0.15) is 13.8 Å². The van der Waals surface area contributed by atoms with E-state index in [1.54, 1.807) is 12.1 Å². The molecule has 0 spiro atoms. The Hall–Kier alpha value is -2.62. The molecule has 0 radical (unpaired) electrons. The molecule has 0 bridgehead atoms. The fraction of sp³-hybridized carbons (Fsp3) is 0.308. The van der Waals surface area contributed by atoms with E-state index < -0.39 is 17.2 Å². The second kappa shape index (κ2) is 7.09. The zero-order chi connectivity index (χ0) is 17.0. The monoisotopic (exact) mass is 336 g/mol. The Bertz CT molecular complexity index is 700. The minimum atomic E-state index is -0.903. The van der Waals surface area contributed by atoms with Gasteiger partial charge in [0, 0.05) is 0 Å². The van der Waals surface area contributed by atoms with Gasteiger partial charge in [0.15, 0.2) is 0 Å². The topological polar surface area (TPSA) is 136 Å². The van der Waals surface area contributed by atoms with Crippen molar-refractivity contribution < 1.29 is 14.7 Å². The number of rotatable bonds is 5. The summed E-state index contributed by atoms with van der Waals surface area (Å²) in [6, 6.07) is 5.39. The molecule has 1 atom stereocenters. The highest BCUT2D eigenvalue weighted by molar-refractivity contribution is 8.00. The second-order valence-corrected chi connectivity index (χ2v) is 6.13. The molecule has 23 heavy (non-hydrogen) atoms. The van der Waals surface area contributed by atoms with Crippen molar-refractivity contribution in [2.24, 2.45) is 11.7 Å². The zero-order valence-corrected chi connectivity index (χ0v) is 13.3. The van der Waals surface area contributed by atoms with E-state index in [9.17, 15) is 14.7 Å². The SMILES string of the molecule is CC(C)C(Sc1nnnn1-c1ccc(O)cc1)C(=O)NC(N)=O. The number of phenols is 1. The highest BCUT2D eigenvalue weighted by Crippen LogP contribution is 2.28. The highest BCUT2D eigenvalue weighted by atomic mass is 32.2. The molecule has 1 heterocycles. The van der Waals surface area contributed by atoms with Crippen molar-refractivity contribution in [2.75, 3.05) is 0 Å². The van der Waals surface area contributed by atoms with Crippen LogP contribution in [0.4, 0.5) is 4.79 Å². The maximum Gasteiger partial charge on any atom is 0.318 e. The molecule has 2 rings (SSSR count). The molecule has 0 aliphatic rings. The standard InChI is InChI=1S/C13H16N6O3S/c1-7(2)10(11(21)15-12(14)22)23-13-16-17-18-19(13)8-3-5-9(20)6-4-8/h3-7,10,20H,1-2H3,(H3,14,15,21,22). The van der Waals surface area contributed by atoms with Crippen molar-refractivity contribution >= 4 is 23.7 Å². The lowest BCUT2D eigenvalue weighted by Gasteiger charge is -2.18. The van der Waals surface area contributed by atoms with Crippen LogP contribution in [0.2, 0.25) is 0 Å². The van der Waals surface area contributed by atoms with Gasteiger partial charge in [0.25, 0.3) is 0 Å². The van der Waals surface area contributed by atoms with E-state index in [2.05, 4.69) is 20.8 Å². The van der Waals surface area contributed by atoms with Crippen molar-refractivity contribution in [1.82, 2.24) is 25.5 Å². The molecule has 9 nitrogen and oxygen atoms in total. The van der Waals surface area contributed by atoms with Gasteiger partial charge in [-0.3, -0.25) is 10.1 Å². The summed E-state index contributed by atoms with van der Waals surface area (Å²) in [4.78, 5) is 22.9. The number of nitrogens with zero attached hydrogens (tertiary/aromatic N) is 4. The van der Waals surface area contributed by atoms with Gasteiger partial charge < -0.3 is 10.8 Å². The van der Waals surface area contributed by atoms with Crippen LogP contribution in [-0.4, -0.2) is 42.5 Å². The first-order valence-corrected chi connectivity index (χ1v) is 7.61. The summed E-state index contributed by atoms with van der Waals surface area (Å²) in [5.74, 6) is -0.459. The Morgan fingerprint density at radius 3 is 2.52 bits per heavy atom. The normalized spacial score (nSPS) is 12.1. The third-order valence-electron chi connectivity index (χ3n) is 2.88. The number of amides is 3. The lowest BCUT2D eigenvalue weighted by Crippen LogP contribution is -2.42. The predicted molar refractivity (Wildman–Crippen MR) is 83.0 cm³/mol. The van der Waals surface area contributed by atoms with Gasteiger partial charge in [-0.25, -0.2) is 4.79 Å². The molecule has 4 N–H and O–H groups in total. The van der Waals surface area contributed by atoms with Gasteiger partial charge in [0.2, 0.25) is 11.1 Å². The maximum atomic E-state index is 12.1. The second-order valence-electron chi connectivity index (χ2n) is 5.03. The number of phenolic OH excluding ortho intramolecular Hbond substituents is 1. The number of thioether (sulfide) groups is 1. The van der Waals surface area contributed by atoms with Crippen LogP contribution < -0.4 is 11.1 Å². The van der Waals surface area contributed by atoms with Gasteiger partial charge in [-0.2, -0.15) is 4.68 Å². The molecule has 0 saturated carbocycles. The molecule has 1 aromatic carbocycles. The Morgan fingerprint density at radius 1 is 1.30 bits per heavy atom. The number of aromatic nitrogens is 4. The molecule has 122 valence electrons. The number of aromatic hydroxyl groups is 1. The van der Waals surface area contributed by atoms with E-state index in [1.165, 1.54) is 16.8 Å². The molecular weight excluding hydrogens is 320 g/mol. The first-order chi connectivity index (χ1) is 10.9. The van der Waals surface area contributed by atoms with Gasteiger partial charge in [-0.05, 0) is 40.6 Å². The number of carbonyl (C=O) groups excluding carboxylic acids is 2. The smallest absolute Gasteiger partial charge is 0.318 e. The van der Waals surface area contributed by atoms with Crippen molar-refractivity contribution in [3.8, 4) is 11.4 Å². The number of tetrazole rings is 1. The van der Waals surface area contributed by atoms with Crippen LogP contribution >= 0.6 is 11.8 Å². The number of carbonyl (C=O) groups is 2. The molecule has 0 fully saturated rings. The molecule has 1 aromatic heterocycles. The van der Waals surface area contributed by atoms with Crippen LogP contribution in [-0.2, 0) is 4.79 Å². The summed E-state index contributed by atoms with van der Waals surface area (Å²) < 4.78 is 1.44. The van der Waals surface area contributed by atoms with E-state index in [-0.39, 0.29) is 11.7 Å². The van der Waals surface area contributed by atoms with Crippen LogP contribution in [0.3, 0.4) is 0 Å². The summed E-state index contributed by atoms with van der Waals surface area (Å²) in [5, 5.41) is 22.6. The molecule has 2 aromatic rings. The van der Waals surface area contributed by atoms with Crippen LogP contribution in [0.5, 0.6) is 5.75 Å². The molecule has 10 heteroatoms. The van der Waals surface area contributed by atoms with E-state index in [0.29, 0.717) is 10.8 Å². The average Bonchev–Trinajstić information content (AvgIpc) is 2.92. The van der Waals surface area contributed by atoms with Crippen molar-refractivity contribution in [3.63, 3.8) is 0 Å². The summed E-state index contributed by atoms with van der Waals surface area (Å²) in [7, 11) is 0. The summed E-state index contributed by atoms with van der Waals surface area (Å²) in [5.41, 5.74) is 5.62. The van der Waals surface area contributed by atoms with Crippen LogP contribution in [0, 0.1) is 5.92 Å². The number of nitrogens with one attached hydrogen (secondary N) is 1. The number of urea groups is 1. The van der Waals surface area contributed by atoms with E-state index >= 15 is 0 Å². The minimum Gasteiger partial charge on any atom is -0.508 e. The number of primary amides is 1. The Labute approximate surface area is 136 Å². The summed E-state index contributed by atoms with van der Waals surface area (Å²) in [6.45, 7) is 3.68. The number of hydrogen-bond donors (Lipinski definition) is 3. The fourth-order valence-electron chi connectivity index (χ4n) is 1.81. The Morgan fingerprint density at radius 2 is 1.96 bits per heavy atom. The molecule has 0 aliphatic heterocycles. The fourth-order valence-corrected chi connectivity index (χ4v) is 2.80. The average molecular weight is 336 g/mol. The third kappa shape index (κ3) is 4.19. The van der Waals surface area contributed by atoms with Gasteiger partial charge in [0.05, 0.1) is 10.9 Å². The zero-order valence-electron chi connectivity index (χ0n) is 12.5. The van der Waals surface area contributed by atoms with Gasteiger partial charge in [-0.1, -0.05) is 25.6 Å². The molecule has 0 saturated heterocycles. The Kier molecular flexibility index (Phi) is 5.16. The van der Waals surface area contributed by atoms with Crippen LogP contribution in [0.15, 0.2) is 29.4 Å². The molecule has 3 amide bonds. The van der Waals surface area contributed by atoms with Crippen LogP contribution in [0.25, 0.3) is 5.69 Å². The van der Waals surface area contributed by atoms with Crippen molar-refractivity contribution in [1.29, 1.82) is 0 Å². The molecular formula is C13H16N6O3S. The van der Waals surface area contributed by atoms with Crippen molar-refractivity contribution in [2.45, 2.75) is 24.3 Å². The quantitative estimate of drug-likeness (QED) is 0.683. The lowest BCUT2D eigenvalue weighted by molar-refractivity contribution is -0.120. The van der Waals surface area contributed by atoms with Gasteiger partial charge >= 0.3 is 6.03 Å². The largest absolute Gasteiger partial charge is 0.508 e. The minimum absolute atomic E-state index is 0.0793. The molecule has 1 unspecified atom stereocenters. The third-order valence-corrected chi connectivity index (χ3v) is 4.36. The maximum absolute atomic E-state index is 12.1. The lowest BCUT2D eigenvalue weighted by atomic mass is 10.1.